The predicted octanol–water partition coefficient (Wildman–Crippen LogP) is -0.355. The number of aromatic amines is 1. The minimum Gasteiger partial charge on any atom is -0.337 e. The van der Waals surface area contributed by atoms with Gasteiger partial charge in [-0.3, -0.25) is 9.59 Å². The number of aromatic nitrogens is 3. The summed E-state index contributed by atoms with van der Waals surface area (Å²) >= 11 is 0. The van der Waals surface area contributed by atoms with Gasteiger partial charge in [-0.25, -0.2) is 13.4 Å². The van der Waals surface area contributed by atoms with Gasteiger partial charge in [0.15, 0.2) is 5.03 Å². The molecule has 0 aliphatic carbocycles. The van der Waals surface area contributed by atoms with Gasteiger partial charge in [0.2, 0.25) is 0 Å². The Morgan fingerprint density at radius 1 is 1.24 bits per heavy atom. The number of rotatable bonds is 3. The summed E-state index contributed by atoms with van der Waals surface area (Å²) in [5, 5.41) is 0.0317. The van der Waals surface area contributed by atoms with Gasteiger partial charge in [-0.05, 0) is 18.6 Å². The van der Waals surface area contributed by atoms with E-state index in [0.717, 1.165) is 0 Å². The molecule has 10 heteroatoms. The molecule has 2 aromatic heterocycles. The highest BCUT2D eigenvalue weighted by atomic mass is 32.2. The largest absolute Gasteiger partial charge is 0.337 e. The Kier molecular flexibility index (Phi) is 4.73. The predicted molar refractivity (Wildman–Crippen MR) is 89.6 cm³/mol. The van der Waals surface area contributed by atoms with Gasteiger partial charge in [0.25, 0.3) is 21.5 Å². The highest BCUT2D eigenvalue weighted by Crippen LogP contribution is 2.15. The highest BCUT2D eigenvalue weighted by Gasteiger charge is 2.30. The van der Waals surface area contributed by atoms with Gasteiger partial charge in [0.05, 0.1) is 12.5 Å². The zero-order valence-electron chi connectivity index (χ0n) is 13.8. The van der Waals surface area contributed by atoms with Crippen molar-refractivity contribution in [1.82, 2.24) is 23.7 Å². The summed E-state index contributed by atoms with van der Waals surface area (Å²) in [6, 6.07) is 3.14. The van der Waals surface area contributed by atoms with Crippen LogP contribution >= 0.6 is 0 Å². The average molecular weight is 365 g/mol. The first-order valence-electron chi connectivity index (χ1n) is 7.84. The third-order valence-electron chi connectivity index (χ3n) is 4.19. The van der Waals surface area contributed by atoms with Gasteiger partial charge in [-0.2, -0.15) is 4.31 Å². The van der Waals surface area contributed by atoms with E-state index in [1.54, 1.807) is 19.3 Å². The van der Waals surface area contributed by atoms with E-state index >= 15 is 0 Å². The Hall–Kier alpha value is -2.46. The Labute approximate surface area is 144 Å². The number of amides is 1. The molecule has 2 aromatic rings. The quantitative estimate of drug-likeness (QED) is 0.799. The third kappa shape index (κ3) is 3.35. The lowest BCUT2D eigenvalue weighted by molar-refractivity contribution is 0.0762. The van der Waals surface area contributed by atoms with Crippen molar-refractivity contribution in [3.8, 4) is 0 Å². The first kappa shape index (κ1) is 17.4. The van der Waals surface area contributed by atoms with Crippen molar-refractivity contribution in [3.63, 3.8) is 0 Å². The summed E-state index contributed by atoms with van der Waals surface area (Å²) < 4.78 is 27.8. The minimum atomic E-state index is -3.66. The first-order chi connectivity index (χ1) is 11.9. The van der Waals surface area contributed by atoms with Crippen LogP contribution in [-0.4, -0.2) is 64.2 Å². The zero-order valence-corrected chi connectivity index (χ0v) is 14.6. The van der Waals surface area contributed by atoms with Crippen molar-refractivity contribution in [2.45, 2.75) is 11.4 Å². The Bertz CT molecular complexity index is 920. The van der Waals surface area contributed by atoms with Crippen LogP contribution in [0.2, 0.25) is 0 Å². The molecule has 3 heterocycles. The Morgan fingerprint density at radius 3 is 2.76 bits per heavy atom. The summed E-state index contributed by atoms with van der Waals surface area (Å²) in [4.78, 5) is 32.6. The first-order valence-corrected chi connectivity index (χ1v) is 9.28. The highest BCUT2D eigenvalue weighted by molar-refractivity contribution is 7.89. The molecule has 0 unspecified atom stereocenters. The number of pyridine rings is 1. The van der Waals surface area contributed by atoms with Crippen LogP contribution < -0.4 is 5.56 Å². The van der Waals surface area contributed by atoms with Crippen LogP contribution in [-0.2, 0) is 17.1 Å². The second-order valence-corrected chi connectivity index (χ2v) is 7.71. The maximum atomic E-state index is 12.6. The molecule has 1 aliphatic rings. The van der Waals surface area contributed by atoms with Gasteiger partial charge in [-0.15, -0.1) is 0 Å². The second-order valence-electron chi connectivity index (χ2n) is 5.80. The lowest BCUT2D eigenvalue weighted by Gasteiger charge is -2.21. The Balaban J connectivity index is 1.77. The van der Waals surface area contributed by atoms with Crippen LogP contribution in [0.3, 0.4) is 0 Å². The van der Waals surface area contributed by atoms with Gasteiger partial charge in [0.1, 0.15) is 5.56 Å². The Morgan fingerprint density at radius 2 is 2.04 bits per heavy atom. The smallest absolute Gasteiger partial charge is 0.263 e. The zero-order chi connectivity index (χ0) is 18.0. The summed E-state index contributed by atoms with van der Waals surface area (Å²) in [6.07, 6.45) is 4.65. The topological polar surface area (TPSA) is 108 Å². The fourth-order valence-electron chi connectivity index (χ4n) is 2.79. The van der Waals surface area contributed by atoms with Crippen LogP contribution in [0.1, 0.15) is 16.8 Å². The van der Waals surface area contributed by atoms with Crippen molar-refractivity contribution >= 4 is 15.9 Å². The lowest BCUT2D eigenvalue weighted by atomic mass is 10.2. The van der Waals surface area contributed by atoms with Crippen molar-refractivity contribution in [2.75, 3.05) is 26.2 Å². The summed E-state index contributed by atoms with van der Waals surface area (Å²) in [6.45, 7) is 1.09. The van der Waals surface area contributed by atoms with Crippen molar-refractivity contribution in [2.24, 2.45) is 7.05 Å². The number of aryl methyl sites for hydroxylation is 1. The molecular formula is C15H19N5O4S. The number of imidazole rings is 1. The van der Waals surface area contributed by atoms with Gasteiger partial charge in [-0.1, -0.05) is 0 Å². The van der Waals surface area contributed by atoms with Crippen LogP contribution in [0.15, 0.2) is 40.7 Å². The molecule has 9 nitrogen and oxygen atoms in total. The number of nitrogens with zero attached hydrogens (tertiary/aromatic N) is 4. The molecule has 0 atom stereocenters. The molecule has 1 fully saturated rings. The molecular weight excluding hydrogens is 346 g/mol. The van der Waals surface area contributed by atoms with Crippen LogP contribution in [0.25, 0.3) is 0 Å². The van der Waals surface area contributed by atoms with E-state index in [2.05, 4.69) is 9.97 Å². The van der Waals surface area contributed by atoms with E-state index in [9.17, 15) is 18.0 Å². The molecule has 1 saturated heterocycles. The molecule has 0 spiro atoms. The number of nitrogens with one attached hydrogen (secondary N) is 1. The number of hydrogen-bond acceptors (Lipinski definition) is 5. The monoisotopic (exact) mass is 365 g/mol. The number of carbonyl (C=O) groups is 1. The molecule has 1 N–H and O–H groups in total. The molecule has 0 aromatic carbocycles. The summed E-state index contributed by atoms with van der Waals surface area (Å²) in [7, 11) is -2.08. The lowest BCUT2D eigenvalue weighted by Crippen LogP contribution is -2.39. The normalized spacial score (nSPS) is 16.6. The van der Waals surface area contributed by atoms with E-state index in [0.29, 0.717) is 19.5 Å². The van der Waals surface area contributed by atoms with Crippen molar-refractivity contribution < 1.29 is 13.2 Å². The standard InChI is InChI=1S/C15H19N5O4S/c1-18-5-2-4-12(14(18)21)15(22)19-6-3-7-20(9-8-19)25(23,24)13-10-16-11-17-13/h2,4-5,10-11H,3,6-9H2,1H3,(H,16,17). The minimum absolute atomic E-state index is 0.0317. The van der Waals surface area contributed by atoms with Crippen molar-refractivity contribution in [1.29, 1.82) is 0 Å². The number of sulfonamides is 1. The number of hydrogen-bond donors (Lipinski definition) is 1. The summed E-state index contributed by atoms with van der Waals surface area (Å²) in [5.41, 5.74) is -0.270. The third-order valence-corrected chi connectivity index (χ3v) is 6.01. The molecule has 25 heavy (non-hydrogen) atoms. The van der Waals surface area contributed by atoms with E-state index in [1.807, 2.05) is 0 Å². The average Bonchev–Trinajstić information content (AvgIpc) is 3.02. The van der Waals surface area contributed by atoms with Crippen LogP contribution in [0.4, 0.5) is 0 Å². The van der Waals surface area contributed by atoms with Crippen LogP contribution in [0.5, 0.6) is 0 Å². The van der Waals surface area contributed by atoms with Crippen molar-refractivity contribution in [3.05, 3.63) is 46.8 Å². The van der Waals surface area contributed by atoms with Gasteiger partial charge >= 0.3 is 0 Å². The molecule has 3 rings (SSSR count). The van der Waals surface area contributed by atoms with Gasteiger partial charge < -0.3 is 14.5 Å². The van der Waals surface area contributed by atoms with E-state index < -0.39 is 10.0 Å². The van der Waals surface area contributed by atoms with Crippen LogP contribution in [0, 0.1) is 0 Å². The SMILES string of the molecule is Cn1cccc(C(=O)N2CCCN(S(=O)(=O)c3cnc[nH]3)CC2)c1=O. The molecule has 1 aliphatic heterocycles. The molecule has 0 bridgehead atoms. The number of H-pyrrole nitrogens is 1. The maximum Gasteiger partial charge on any atom is 0.263 e. The molecule has 0 radical (unpaired) electrons. The molecule has 1 amide bonds. The number of carbonyl (C=O) groups excluding carboxylic acids is 1. The fraction of sp³-hybridized carbons (Fsp3) is 0.400. The fourth-order valence-corrected chi connectivity index (χ4v) is 4.16. The van der Waals surface area contributed by atoms with E-state index in [4.69, 9.17) is 0 Å². The summed E-state index contributed by atoms with van der Waals surface area (Å²) in [5.74, 6) is -0.373. The van der Waals surface area contributed by atoms with Gasteiger partial charge in [0, 0.05) is 39.4 Å². The maximum absolute atomic E-state index is 12.6. The second kappa shape index (κ2) is 6.81. The molecule has 134 valence electrons. The van der Waals surface area contributed by atoms with E-state index in [1.165, 1.54) is 32.4 Å². The molecule has 0 saturated carbocycles. The van der Waals surface area contributed by atoms with E-state index in [-0.39, 0.29) is 35.1 Å².